The highest BCUT2D eigenvalue weighted by molar-refractivity contribution is 5.80. The van der Waals surface area contributed by atoms with Gasteiger partial charge in [0.15, 0.2) is 11.3 Å². The molecule has 9 nitrogen and oxygen atoms in total. The van der Waals surface area contributed by atoms with Crippen molar-refractivity contribution in [1.29, 1.82) is 5.26 Å². The normalized spacial score (nSPS) is 18.6. The number of fused-ring (bicyclic) bond motifs is 1. The van der Waals surface area contributed by atoms with Crippen LogP contribution >= 0.6 is 0 Å². The summed E-state index contributed by atoms with van der Waals surface area (Å²) in [6, 6.07) is 3.47. The largest absolute Gasteiger partial charge is 0.433 e. The van der Waals surface area contributed by atoms with Crippen molar-refractivity contribution in [1.82, 2.24) is 34.7 Å². The van der Waals surface area contributed by atoms with Crippen LogP contribution in [0.4, 0.5) is 13.2 Å². The lowest BCUT2D eigenvalue weighted by molar-refractivity contribution is -0.141. The predicted molar refractivity (Wildman–Crippen MR) is 122 cm³/mol. The van der Waals surface area contributed by atoms with Gasteiger partial charge in [0, 0.05) is 30.4 Å². The fourth-order valence-corrected chi connectivity index (χ4v) is 4.42. The van der Waals surface area contributed by atoms with Crippen molar-refractivity contribution in [3.05, 3.63) is 75.2 Å². The summed E-state index contributed by atoms with van der Waals surface area (Å²) < 4.78 is 40.2. The summed E-state index contributed by atoms with van der Waals surface area (Å²) in [5.41, 5.74) is 0.0203. The van der Waals surface area contributed by atoms with Crippen LogP contribution in [0.25, 0.3) is 11.0 Å². The third-order valence-corrected chi connectivity index (χ3v) is 6.70. The summed E-state index contributed by atoms with van der Waals surface area (Å²) in [6.07, 6.45) is 2.59. The van der Waals surface area contributed by atoms with E-state index in [1.165, 1.54) is 10.7 Å². The molecule has 0 aromatic carbocycles. The molecule has 0 aliphatic heterocycles. The van der Waals surface area contributed by atoms with Crippen molar-refractivity contribution in [3.63, 3.8) is 0 Å². The van der Waals surface area contributed by atoms with Gasteiger partial charge in [-0.2, -0.15) is 23.5 Å². The molecule has 1 N–H and O–H groups in total. The number of H-pyrrole nitrogens is 1. The van der Waals surface area contributed by atoms with Crippen LogP contribution in [0, 0.1) is 11.3 Å². The van der Waals surface area contributed by atoms with Gasteiger partial charge in [-0.15, -0.1) is 0 Å². The van der Waals surface area contributed by atoms with E-state index in [2.05, 4.69) is 30.0 Å². The zero-order chi connectivity index (χ0) is 25.6. The number of aromatic nitrogens is 7. The number of pyridine rings is 1. The standard InChI is InChI=1S/C24H21F3N8O/c1-3-13-9-30-20(31-10-13)15-5-6-16(15)21-32-22-19(23(36)33-21)17(8-28)34-35(22)12(2)14-4-7-18(29-11-14)24(25,26)27/h4,7,9-12,15-16H,3,5-6H2,1-2H3,(H,32,33,36)/t12-,15-,16-/m0/s1. The quantitative estimate of drug-likeness (QED) is 0.444. The van der Waals surface area contributed by atoms with E-state index < -0.39 is 23.5 Å². The minimum Gasteiger partial charge on any atom is -0.310 e. The highest BCUT2D eigenvalue weighted by atomic mass is 19.4. The number of nitrogens with one attached hydrogen (secondary N) is 1. The molecule has 1 saturated carbocycles. The first kappa shape index (κ1) is 23.6. The van der Waals surface area contributed by atoms with E-state index in [1.807, 2.05) is 13.0 Å². The molecule has 36 heavy (non-hydrogen) atoms. The van der Waals surface area contributed by atoms with Gasteiger partial charge in [-0.05, 0) is 43.4 Å². The Balaban J connectivity index is 1.54. The first-order chi connectivity index (χ1) is 17.2. The van der Waals surface area contributed by atoms with E-state index >= 15 is 0 Å². The molecule has 0 spiro atoms. The number of rotatable bonds is 5. The van der Waals surface area contributed by atoms with Crippen LogP contribution in [0.15, 0.2) is 35.5 Å². The van der Waals surface area contributed by atoms with Crippen LogP contribution in [-0.2, 0) is 12.6 Å². The van der Waals surface area contributed by atoms with Gasteiger partial charge in [0.2, 0.25) is 0 Å². The monoisotopic (exact) mass is 494 g/mol. The number of aryl methyl sites for hydroxylation is 1. The first-order valence-electron chi connectivity index (χ1n) is 11.5. The molecule has 0 amide bonds. The van der Waals surface area contributed by atoms with Gasteiger partial charge < -0.3 is 4.98 Å². The summed E-state index contributed by atoms with van der Waals surface area (Å²) >= 11 is 0. The minimum atomic E-state index is -4.56. The van der Waals surface area contributed by atoms with Crippen LogP contribution in [0.1, 0.15) is 78.7 Å². The Morgan fingerprint density at radius 3 is 2.44 bits per heavy atom. The van der Waals surface area contributed by atoms with Gasteiger partial charge in [-0.25, -0.2) is 19.6 Å². The summed E-state index contributed by atoms with van der Waals surface area (Å²) in [7, 11) is 0. The van der Waals surface area contributed by atoms with E-state index in [4.69, 9.17) is 0 Å². The molecule has 4 aromatic heterocycles. The molecule has 184 valence electrons. The maximum Gasteiger partial charge on any atom is 0.433 e. The van der Waals surface area contributed by atoms with Crippen molar-refractivity contribution in [2.75, 3.05) is 0 Å². The molecule has 1 aliphatic rings. The van der Waals surface area contributed by atoms with Crippen molar-refractivity contribution < 1.29 is 13.2 Å². The zero-order valence-electron chi connectivity index (χ0n) is 19.4. The van der Waals surface area contributed by atoms with Crippen LogP contribution < -0.4 is 5.56 Å². The zero-order valence-corrected chi connectivity index (χ0v) is 19.4. The lowest BCUT2D eigenvalue weighted by Crippen LogP contribution is -2.28. The molecule has 4 heterocycles. The SMILES string of the molecule is CCc1cnc([C@H]2CC[C@@H]2c2nc3c(c(C#N)nn3[C@@H](C)c3ccc(C(F)(F)F)nc3)c(=O)[nH]2)nc1. The van der Waals surface area contributed by atoms with E-state index in [-0.39, 0.29) is 28.6 Å². The highest BCUT2D eigenvalue weighted by Gasteiger charge is 2.38. The second kappa shape index (κ2) is 8.82. The van der Waals surface area contributed by atoms with Crippen LogP contribution in [0.2, 0.25) is 0 Å². The molecule has 0 saturated heterocycles. The molecule has 0 radical (unpaired) electrons. The molecule has 12 heteroatoms. The number of alkyl halides is 3. The van der Waals surface area contributed by atoms with E-state index in [0.717, 1.165) is 37.1 Å². The average Bonchev–Trinajstić information content (AvgIpc) is 3.22. The second-order valence-electron chi connectivity index (χ2n) is 8.80. The van der Waals surface area contributed by atoms with E-state index in [0.29, 0.717) is 17.2 Å². The van der Waals surface area contributed by atoms with Crippen molar-refractivity contribution in [3.8, 4) is 6.07 Å². The maximum absolute atomic E-state index is 13.0. The molecule has 0 unspecified atom stereocenters. The number of aromatic amines is 1. The Labute approximate surface area is 203 Å². The topological polar surface area (TPSA) is 126 Å². The summed E-state index contributed by atoms with van der Waals surface area (Å²) in [4.78, 5) is 33.0. The van der Waals surface area contributed by atoms with E-state index in [1.54, 1.807) is 19.3 Å². The van der Waals surface area contributed by atoms with E-state index in [9.17, 15) is 23.2 Å². The lowest BCUT2D eigenvalue weighted by atomic mass is 9.72. The van der Waals surface area contributed by atoms with Crippen LogP contribution in [0.3, 0.4) is 0 Å². The third-order valence-electron chi connectivity index (χ3n) is 6.70. The number of hydrogen-bond donors (Lipinski definition) is 1. The summed E-state index contributed by atoms with van der Waals surface area (Å²) in [5.74, 6) is 0.989. The minimum absolute atomic E-state index is 0.0140. The number of hydrogen-bond acceptors (Lipinski definition) is 7. The van der Waals surface area contributed by atoms with Gasteiger partial charge in [0.25, 0.3) is 5.56 Å². The fourth-order valence-electron chi connectivity index (χ4n) is 4.42. The number of nitrogens with zero attached hydrogens (tertiary/aromatic N) is 7. The first-order valence-corrected chi connectivity index (χ1v) is 11.5. The van der Waals surface area contributed by atoms with Crippen LogP contribution in [-0.4, -0.2) is 34.7 Å². The molecule has 0 bridgehead atoms. The molecule has 5 rings (SSSR count). The summed E-state index contributed by atoms with van der Waals surface area (Å²) in [5, 5.41) is 13.9. The Bertz CT molecular complexity index is 1520. The Hall–Kier alpha value is -4.14. The molecule has 3 atom stereocenters. The molecule has 1 aliphatic carbocycles. The Morgan fingerprint density at radius 2 is 1.89 bits per heavy atom. The van der Waals surface area contributed by atoms with Gasteiger partial charge in [-0.1, -0.05) is 13.0 Å². The average molecular weight is 494 g/mol. The van der Waals surface area contributed by atoms with Gasteiger partial charge in [0.1, 0.15) is 28.8 Å². The number of halogens is 3. The van der Waals surface area contributed by atoms with Gasteiger partial charge in [0.05, 0.1) is 6.04 Å². The third kappa shape index (κ3) is 4.00. The second-order valence-corrected chi connectivity index (χ2v) is 8.80. The smallest absolute Gasteiger partial charge is 0.310 e. The van der Waals surface area contributed by atoms with Crippen molar-refractivity contribution in [2.24, 2.45) is 0 Å². The molecule has 1 fully saturated rings. The molecule has 4 aromatic rings. The fraction of sp³-hybridized carbons (Fsp3) is 0.375. The Morgan fingerprint density at radius 1 is 1.17 bits per heavy atom. The molecular weight excluding hydrogens is 473 g/mol. The lowest BCUT2D eigenvalue weighted by Gasteiger charge is -2.34. The van der Waals surface area contributed by atoms with Crippen LogP contribution in [0.5, 0.6) is 0 Å². The molecular formula is C24H21F3N8O. The number of nitriles is 1. The summed E-state index contributed by atoms with van der Waals surface area (Å²) in [6.45, 7) is 3.71. The van der Waals surface area contributed by atoms with Crippen molar-refractivity contribution >= 4 is 11.0 Å². The maximum atomic E-state index is 13.0. The highest BCUT2D eigenvalue weighted by Crippen LogP contribution is 2.46. The van der Waals surface area contributed by atoms with Gasteiger partial charge in [-0.3, -0.25) is 9.78 Å². The Kier molecular flexibility index (Phi) is 5.78. The van der Waals surface area contributed by atoms with Gasteiger partial charge >= 0.3 is 6.18 Å². The van der Waals surface area contributed by atoms with Crippen molar-refractivity contribution in [2.45, 2.75) is 57.2 Å². The predicted octanol–water partition coefficient (Wildman–Crippen LogP) is 4.03.